The molecule has 1 amide bonds. The number of hydrogen-bond donors (Lipinski definition) is 2. The van der Waals surface area contributed by atoms with Gasteiger partial charge < -0.3 is 15.5 Å². The van der Waals surface area contributed by atoms with E-state index in [1.807, 2.05) is 37.3 Å². The molecular weight excluding hydrogens is 372 g/mol. The highest BCUT2D eigenvalue weighted by Gasteiger charge is 2.12. The molecule has 0 aliphatic heterocycles. The number of thioether (sulfide) groups is 1. The van der Waals surface area contributed by atoms with Crippen LogP contribution in [0, 0.1) is 6.92 Å². The molecule has 6 heteroatoms. The Morgan fingerprint density at radius 1 is 1.21 bits per heavy atom. The lowest BCUT2D eigenvalue weighted by Gasteiger charge is -2.15. The van der Waals surface area contributed by atoms with E-state index in [0.717, 1.165) is 27.1 Å². The average Bonchev–Trinajstić information content (AvgIpc) is 2.64. The number of carbonyl (C=O) groups excluding carboxylic acids is 1. The molecule has 0 aliphatic rings. The van der Waals surface area contributed by atoms with Crippen LogP contribution in [0.5, 0.6) is 0 Å². The lowest BCUT2D eigenvalue weighted by Crippen LogP contribution is -2.13. The van der Waals surface area contributed by atoms with Gasteiger partial charge in [-0.1, -0.05) is 26.0 Å². The molecule has 3 rings (SSSR count). The standard InChI is InChI=1S/C22H24N2O3S/c1-13(2)16-10-17-15(9-22(26)27-19(17)8-14(16)3)11-24-18-6-4-5-7-20(18)28-12-21(23)25/h4-10,13,24H,11-12H2,1-3H3,(H2,23,25). The van der Waals surface area contributed by atoms with E-state index in [0.29, 0.717) is 18.0 Å². The summed E-state index contributed by atoms with van der Waals surface area (Å²) < 4.78 is 5.42. The number of nitrogens with one attached hydrogen (secondary N) is 1. The molecule has 28 heavy (non-hydrogen) atoms. The van der Waals surface area contributed by atoms with Crippen molar-refractivity contribution in [3.8, 4) is 0 Å². The number of aryl methyl sites for hydroxylation is 1. The topological polar surface area (TPSA) is 85.3 Å². The van der Waals surface area contributed by atoms with E-state index in [-0.39, 0.29) is 17.3 Å². The second kappa shape index (κ2) is 8.52. The van der Waals surface area contributed by atoms with Crippen LogP contribution in [0.1, 0.15) is 36.5 Å². The van der Waals surface area contributed by atoms with Crippen molar-refractivity contribution in [3.05, 3.63) is 69.6 Å². The Hall–Kier alpha value is -2.73. The highest BCUT2D eigenvalue weighted by Crippen LogP contribution is 2.29. The van der Waals surface area contributed by atoms with Gasteiger partial charge in [0, 0.05) is 28.6 Å². The van der Waals surface area contributed by atoms with Crippen LogP contribution in [-0.2, 0) is 11.3 Å². The summed E-state index contributed by atoms with van der Waals surface area (Å²) in [5.41, 5.74) is 9.62. The van der Waals surface area contributed by atoms with E-state index in [9.17, 15) is 9.59 Å². The minimum Gasteiger partial charge on any atom is -0.423 e. The molecule has 0 saturated carbocycles. The molecule has 0 atom stereocenters. The number of benzene rings is 2. The third kappa shape index (κ3) is 4.57. The van der Waals surface area contributed by atoms with Gasteiger partial charge in [-0.3, -0.25) is 4.79 Å². The monoisotopic (exact) mass is 396 g/mol. The zero-order chi connectivity index (χ0) is 20.3. The molecule has 0 saturated heterocycles. The summed E-state index contributed by atoms with van der Waals surface area (Å²) >= 11 is 1.39. The van der Waals surface area contributed by atoms with E-state index in [1.54, 1.807) is 0 Å². The summed E-state index contributed by atoms with van der Waals surface area (Å²) in [4.78, 5) is 24.1. The first-order valence-corrected chi connectivity index (χ1v) is 10.1. The van der Waals surface area contributed by atoms with Crippen molar-refractivity contribution >= 4 is 34.3 Å². The van der Waals surface area contributed by atoms with Crippen molar-refractivity contribution in [1.29, 1.82) is 0 Å². The summed E-state index contributed by atoms with van der Waals surface area (Å²) in [7, 11) is 0. The molecule has 3 aromatic rings. The van der Waals surface area contributed by atoms with E-state index < -0.39 is 0 Å². The van der Waals surface area contributed by atoms with Gasteiger partial charge in [-0.2, -0.15) is 0 Å². The van der Waals surface area contributed by atoms with E-state index in [4.69, 9.17) is 10.2 Å². The van der Waals surface area contributed by atoms with Gasteiger partial charge in [0.2, 0.25) is 5.91 Å². The molecule has 5 nitrogen and oxygen atoms in total. The second-order valence-corrected chi connectivity index (χ2v) is 8.07. The third-order valence-corrected chi connectivity index (χ3v) is 5.66. The Morgan fingerprint density at radius 2 is 1.96 bits per heavy atom. The fourth-order valence-corrected chi connectivity index (χ4v) is 4.01. The first-order valence-electron chi connectivity index (χ1n) is 9.16. The Morgan fingerprint density at radius 3 is 2.68 bits per heavy atom. The molecule has 2 aromatic carbocycles. The molecule has 1 heterocycles. The first kappa shape index (κ1) is 20.0. The fraction of sp³-hybridized carbons (Fsp3) is 0.273. The SMILES string of the molecule is Cc1cc2oc(=O)cc(CNc3ccccc3SCC(N)=O)c2cc1C(C)C. The van der Waals surface area contributed by atoms with Crippen molar-refractivity contribution < 1.29 is 9.21 Å². The molecule has 3 N–H and O–H groups in total. The highest BCUT2D eigenvalue weighted by molar-refractivity contribution is 8.00. The molecule has 0 bridgehead atoms. The number of anilines is 1. The van der Waals surface area contributed by atoms with Crippen LogP contribution in [0.2, 0.25) is 0 Å². The van der Waals surface area contributed by atoms with Gasteiger partial charge in [0.1, 0.15) is 5.58 Å². The van der Waals surface area contributed by atoms with E-state index in [1.165, 1.54) is 23.4 Å². The third-order valence-electron chi connectivity index (χ3n) is 4.57. The number of nitrogens with two attached hydrogens (primary N) is 1. The first-order chi connectivity index (χ1) is 13.3. The zero-order valence-corrected chi connectivity index (χ0v) is 17.1. The highest BCUT2D eigenvalue weighted by atomic mass is 32.2. The van der Waals surface area contributed by atoms with Crippen LogP contribution < -0.4 is 16.7 Å². The summed E-state index contributed by atoms with van der Waals surface area (Å²) in [5.74, 6) is 0.235. The second-order valence-electron chi connectivity index (χ2n) is 7.06. The number of fused-ring (bicyclic) bond motifs is 1. The minimum atomic E-state index is -0.364. The van der Waals surface area contributed by atoms with Crippen LogP contribution in [0.25, 0.3) is 11.0 Å². The molecule has 0 radical (unpaired) electrons. The van der Waals surface area contributed by atoms with Crippen LogP contribution >= 0.6 is 11.8 Å². The Labute approximate surface area is 168 Å². The molecule has 0 spiro atoms. The van der Waals surface area contributed by atoms with Crippen molar-refractivity contribution in [2.24, 2.45) is 5.73 Å². The van der Waals surface area contributed by atoms with Gasteiger partial charge >= 0.3 is 5.63 Å². The minimum absolute atomic E-state index is 0.216. The maximum Gasteiger partial charge on any atom is 0.336 e. The fourth-order valence-electron chi connectivity index (χ4n) is 3.24. The predicted molar refractivity (Wildman–Crippen MR) is 115 cm³/mol. The molecule has 0 aliphatic carbocycles. The van der Waals surface area contributed by atoms with Crippen LogP contribution in [0.4, 0.5) is 5.69 Å². The van der Waals surface area contributed by atoms with Crippen LogP contribution in [0.15, 0.2) is 56.6 Å². The summed E-state index contributed by atoms with van der Waals surface area (Å²) in [6.45, 7) is 6.80. The van der Waals surface area contributed by atoms with Gasteiger partial charge in [-0.15, -0.1) is 11.8 Å². The van der Waals surface area contributed by atoms with Crippen molar-refractivity contribution in [2.75, 3.05) is 11.1 Å². The van der Waals surface area contributed by atoms with Crippen molar-refractivity contribution in [1.82, 2.24) is 0 Å². The Bertz CT molecular complexity index is 1070. The number of hydrogen-bond acceptors (Lipinski definition) is 5. The summed E-state index contributed by atoms with van der Waals surface area (Å²) in [6, 6.07) is 13.3. The van der Waals surface area contributed by atoms with Gasteiger partial charge in [0.25, 0.3) is 0 Å². The van der Waals surface area contributed by atoms with Gasteiger partial charge in [0.05, 0.1) is 5.75 Å². The number of rotatable bonds is 7. The quantitative estimate of drug-likeness (QED) is 0.456. The van der Waals surface area contributed by atoms with Crippen molar-refractivity contribution in [3.63, 3.8) is 0 Å². The molecule has 1 aromatic heterocycles. The van der Waals surface area contributed by atoms with Gasteiger partial charge in [-0.25, -0.2) is 4.79 Å². The molecular formula is C22H24N2O3S. The van der Waals surface area contributed by atoms with Crippen molar-refractivity contribution in [2.45, 2.75) is 38.1 Å². The number of primary amides is 1. The predicted octanol–water partition coefficient (Wildman–Crippen LogP) is 4.41. The normalized spacial score (nSPS) is 11.1. The lowest BCUT2D eigenvalue weighted by molar-refractivity contribution is -0.115. The number of amides is 1. The lowest BCUT2D eigenvalue weighted by atomic mass is 9.95. The maximum atomic E-state index is 12.0. The molecule has 0 fully saturated rings. The van der Waals surface area contributed by atoms with Crippen LogP contribution in [-0.4, -0.2) is 11.7 Å². The largest absolute Gasteiger partial charge is 0.423 e. The van der Waals surface area contributed by atoms with Crippen LogP contribution in [0.3, 0.4) is 0 Å². The number of carbonyl (C=O) groups is 1. The van der Waals surface area contributed by atoms with E-state index in [2.05, 4.69) is 25.2 Å². The Balaban J connectivity index is 1.94. The summed E-state index contributed by atoms with van der Waals surface area (Å²) in [6.07, 6.45) is 0. The van der Waals surface area contributed by atoms with Gasteiger partial charge in [0.15, 0.2) is 0 Å². The van der Waals surface area contributed by atoms with E-state index >= 15 is 0 Å². The number of para-hydroxylation sites is 1. The summed E-state index contributed by atoms with van der Waals surface area (Å²) in [5, 5.41) is 4.32. The Kier molecular flexibility index (Phi) is 6.09. The molecule has 146 valence electrons. The maximum absolute atomic E-state index is 12.0. The zero-order valence-electron chi connectivity index (χ0n) is 16.2. The molecule has 0 unspecified atom stereocenters. The van der Waals surface area contributed by atoms with Gasteiger partial charge in [-0.05, 0) is 53.8 Å². The smallest absolute Gasteiger partial charge is 0.336 e. The average molecular weight is 397 g/mol.